The molecule has 0 fully saturated rings. The summed E-state index contributed by atoms with van der Waals surface area (Å²) >= 11 is 1.49. The molecule has 0 bridgehead atoms. The molecule has 4 aromatic rings. The van der Waals surface area contributed by atoms with Gasteiger partial charge in [-0.2, -0.15) is 4.98 Å². The molecule has 0 aliphatic heterocycles. The Labute approximate surface area is 171 Å². The van der Waals surface area contributed by atoms with E-state index in [1.807, 2.05) is 60.1 Å². The van der Waals surface area contributed by atoms with Gasteiger partial charge in [-0.3, -0.25) is 0 Å². The van der Waals surface area contributed by atoms with Gasteiger partial charge in [0.05, 0.1) is 20.0 Å². The highest BCUT2D eigenvalue weighted by atomic mass is 32.2. The Bertz CT molecular complexity index is 1090. The second-order valence-corrected chi connectivity index (χ2v) is 7.07. The van der Waals surface area contributed by atoms with E-state index in [1.165, 1.54) is 11.8 Å². The summed E-state index contributed by atoms with van der Waals surface area (Å²) in [5, 5.41) is 13.4. The minimum absolute atomic E-state index is 0.498. The smallest absolute Gasteiger partial charge is 0.237 e. The first-order valence-corrected chi connectivity index (χ1v) is 9.80. The van der Waals surface area contributed by atoms with E-state index in [9.17, 15) is 0 Å². The fourth-order valence-corrected chi connectivity index (χ4v) is 3.48. The predicted octanol–water partition coefficient (Wildman–Crippen LogP) is 3.84. The third-order valence-corrected chi connectivity index (χ3v) is 5.33. The van der Waals surface area contributed by atoms with Crippen LogP contribution < -0.4 is 9.47 Å². The van der Waals surface area contributed by atoms with Crippen LogP contribution in [0.2, 0.25) is 0 Å². The van der Waals surface area contributed by atoms with Crippen LogP contribution >= 0.6 is 11.8 Å². The van der Waals surface area contributed by atoms with Crippen LogP contribution in [0, 0.1) is 0 Å². The number of methoxy groups -OCH3 is 2. The van der Waals surface area contributed by atoms with Gasteiger partial charge in [0.25, 0.3) is 0 Å². The number of hydrogen-bond acceptors (Lipinski definition) is 8. The number of aromatic nitrogens is 5. The Morgan fingerprint density at radius 3 is 2.14 bits per heavy atom. The van der Waals surface area contributed by atoms with E-state index < -0.39 is 0 Å². The largest absolute Gasteiger partial charge is 0.497 e. The lowest BCUT2D eigenvalue weighted by molar-refractivity contribution is 0.391. The molecule has 0 N–H and O–H groups in total. The van der Waals surface area contributed by atoms with Gasteiger partial charge in [-0.05, 0) is 48.5 Å². The van der Waals surface area contributed by atoms with Crippen molar-refractivity contribution in [2.24, 2.45) is 7.05 Å². The minimum atomic E-state index is 0.498. The molecule has 0 aliphatic carbocycles. The monoisotopic (exact) mass is 409 g/mol. The summed E-state index contributed by atoms with van der Waals surface area (Å²) in [5.74, 6) is 3.92. The third kappa shape index (κ3) is 4.09. The first kappa shape index (κ1) is 19.0. The fourth-order valence-electron chi connectivity index (χ4n) is 2.73. The van der Waals surface area contributed by atoms with Crippen LogP contribution in [0.15, 0.2) is 58.2 Å². The van der Waals surface area contributed by atoms with Crippen LogP contribution in [0.1, 0.15) is 5.89 Å². The van der Waals surface area contributed by atoms with Crippen molar-refractivity contribution in [1.29, 1.82) is 0 Å². The van der Waals surface area contributed by atoms with Crippen molar-refractivity contribution < 1.29 is 14.0 Å². The lowest BCUT2D eigenvalue weighted by Crippen LogP contribution is -1.95. The van der Waals surface area contributed by atoms with Gasteiger partial charge in [-0.15, -0.1) is 10.2 Å². The van der Waals surface area contributed by atoms with Gasteiger partial charge >= 0.3 is 0 Å². The quantitative estimate of drug-likeness (QED) is 0.426. The highest BCUT2D eigenvalue weighted by molar-refractivity contribution is 7.98. The SMILES string of the molecule is COc1ccc(-c2noc(CSc3nnc(-c4ccc(OC)cc4)n3C)n2)cc1. The first-order chi connectivity index (χ1) is 14.2. The van der Waals surface area contributed by atoms with Crippen molar-refractivity contribution >= 4 is 11.8 Å². The zero-order valence-corrected chi connectivity index (χ0v) is 17.0. The predicted molar refractivity (Wildman–Crippen MR) is 109 cm³/mol. The van der Waals surface area contributed by atoms with Crippen molar-refractivity contribution in [1.82, 2.24) is 24.9 Å². The Morgan fingerprint density at radius 1 is 0.897 bits per heavy atom. The van der Waals surface area contributed by atoms with E-state index in [0.717, 1.165) is 33.6 Å². The molecule has 2 aromatic carbocycles. The van der Waals surface area contributed by atoms with Crippen LogP contribution in [0.3, 0.4) is 0 Å². The normalized spacial score (nSPS) is 10.9. The van der Waals surface area contributed by atoms with Gasteiger partial charge in [-0.1, -0.05) is 16.9 Å². The molecule has 2 heterocycles. The summed E-state index contributed by atoms with van der Waals surface area (Å²) < 4.78 is 17.7. The van der Waals surface area contributed by atoms with Crippen molar-refractivity contribution in [2.45, 2.75) is 10.9 Å². The Kier molecular flexibility index (Phi) is 5.48. The Morgan fingerprint density at radius 2 is 1.52 bits per heavy atom. The molecular formula is C20H19N5O3S. The molecule has 8 nitrogen and oxygen atoms in total. The molecule has 0 radical (unpaired) electrons. The number of ether oxygens (including phenoxy) is 2. The van der Waals surface area contributed by atoms with Gasteiger partial charge in [0.2, 0.25) is 11.7 Å². The van der Waals surface area contributed by atoms with Gasteiger partial charge < -0.3 is 18.6 Å². The lowest BCUT2D eigenvalue weighted by atomic mass is 10.2. The maximum absolute atomic E-state index is 5.37. The highest BCUT2D eigenvalue weighted by Crippen LogP contribution is 2.27. The lowest BCUT2D eigenvalue weighted by Gasteiger charge is -2.04. The molecule has 9 heteroatoms. The van der Waals surface area contributed by atoms with Crippen molar-refractivity contribution in [3.63, 3.8) is 0 Å². The minimum Gasteiger partial charge on any atom is -0.497 e. The second-order valence-electron chi connectivity index (χ2n) is 6.12. The van der Waals surface area contributed by atoms with Gasteiger partial charge in [0.1, 0.15) is 11.5 Å². The zero-order chi connectivity index (χ0) is 20.2. The average molecular weight is 409 g/mol. The van der Waals surface area contributed by atoms with Crippen molar-refractivity contribution in [3.8, 4) is 34.3 Å². The molecule has 0 atom stereocenters. The molecule has 0 saturated carbocycles. The van der Waals surface area contributed by atoms with Crippen LogP contribution in [-0.4, -0.2) is 39.1 Å². The van der Waals surface area contributed by atoms with Crippen LogP contribution in [0.25, 0.3) is 22.8 Å². The number of hydrogen-bond donors (Lipinski definition) is 0. The maximum atomic E-state index is 5.37. The summed E-state index contributed by atoms with van der Waals surface area (Å²) in [4.78, 5) is 4.45. The highest BCUT2D eigenvalue weighted by Gasteiger charge is 2.14. The van der Waals surface area contributed by atoms with Gasteiger partial charge in [-0.25, -0.2) is 0 Å². The van der Waals surface area contributed by atoms with E-state index >= 15 is 0 Å². The molecular weight excluding hydrogens is 390 g/mol. The van der Waals surface area contributed by atoms with Crippen molar-refractivity contribution in [3.05, 3.63) is 54.4 Å². The molecule has 29 heavy (non-hydrogen) atoms. The van der Waals surface area contributed by atoms with E-state index in [0.29, 0.717) is 17.5 Å². The molecule has 0 spiro atoms. The third-order valence-electron chi connectivity index (χ3n) is 4.32. The van der Waals surface area contributed by atoms with Crippen LogP contribution in [0.4, 0.5) is 0 Å². The molecule has 0 aliphatic rings. The van der Waals surface area contributed by atoms with Crippen LogP contribution in [0.5, 0.6) is 11.5 Å². The Hall–Kier alpha value is -3.33. The molecule has 4 rings (SSSR count). The molecule has 0 saturated heterocycles. The summed E-state index contributed by atoms with van der Waals surface area (Å²) in [6.07, 6.45) is 0. The standard InChI is InChI=1S/C20H19N5O3S/c1-25-19(14-6-10-16(27-3)11-7-14)22-23-20(25)29-12-17-21-18(24-28-17)13-4-8-15(26-2)9-5-13/h4-11H,12H2,1-3H3. The topological polar surface area (TPSA) is 88.1 Å². The summed E-state index contributed by atoms with van der Waals surface area (Å²) in [6.45, 7) is 0. The second kappa shape index (κ2) is 8.36. The van der Waals surface area contributed by atoms with E-state index in [4.69, 9.17) is 14.0 Å². The van der Waals surface area contributed by atoms with E-state index in [-0.39, 0.29) is 0 Å². The van der Waals surface area contributed by atoms with Crippen LogP contribution in [-0.2, 0) is 12.8 Å². The molecule has 2 aromatic heterocycles. The summed E-state index contributed by atoms with van der Waals surface area (Å²) in [5.41, 5.74) is 1.83. The zero-order valence-electron chi connectivity index (χ0n) is 16.2. The number of thioether (sulfide) groups is 1. The summed E-state index contributed by atoms with van der Waals surface area (Å²) in [7, 11) is 5.20. The van der Waals surface area contributed by atoms with Crippen molar-refractivity contribution in [2.75, 3.05) is 14.2 Å². The average Bonchev–Trinajstić information content (AvgIpc) is 3.39. The van der Waals surface area contributed by atoms with Gasteiger partial charge in [0.15, 0.2) is 11.0 Å². The maximum Gasteiger partial charge on any atom is 0.237 e. The molecule has 0 unspecified atom stereocenters. The number of nitrogens with zero attached hydrogens (tertiary/aromatic N) is 5. The fraction of sp³-hybridized carbons (Fsp3) is 0.200. The van der Waals surface area contributed by atoms with E-state index in [1.54, 1.807) is 14.2 Å². The first-order valence-electron chi connectivity index (χ1n) is 8.81. The number of rotatable bonds is 7. The van der Waals surface area contributed by atoms with E-state index in [2.05, 4.69) is 20.3 Å². The summed E-state index contributed by atoms with van der Waals surface area (Å²) in [6, 6.07) is 15.2. The molecule has 148 valence electrons. The van der Waals surface area contributed by atoms with Gasteiger partial charge in [0, 0.05) is 18.2 Å². The molecule has 0 amide bonds. The number of benzene rings is 2. The Balaban J connectivity index is 1.44.